The highest BCUT2D eigenvalue weighted by atomic mass is 127. The van der Waals surface area contributed by atoms with Crippen LogP contribution in [0.4, 0.5) is 5.69 Å². The SMILES string of the molecule is CC(C)(C)c1ccc(C(Cc2cccs2)C(=O)N(I)c2ccccc2)cc1. The van der Waals surface area contributed by atoms with E-state index < -0.39 is 0 Å². The first-order valence-electron chi connectivity index (χ1n) is 9.04. The van der Waals surface area contributed by atoms with Crippen LogP contribution in [-0.4, -0.2) is 5.91 Å². The quantitative estimate of drug-likeness (QED) is 0.287. The Bertz CT molecular complexity index is 867. The second-order valence-corrected chi connectivity index (χ2v) is 9.66. The standard InChI is InChI=1S/C23H24INOS/c1-23(2,3)18-13-11-17(12-14-18)21(16-20-10-7-15-27-20)22(26)25(24)19-8-5-4-6-9-19/h4-15,21H,16H2,1-3H3. The highest BCUT2D eigenvalue weighted by Gasteiger charge is 2.27. The molecule has 1 unspecified atom stereocenters. The molecular weight excluding hydrogens is 465 g/mol. The monoisotopic (exact) mass is 489 g/mol. The Morgan fingerprint density at radius 3 is 2.22 bits per heavy atom. The fourth-order valence-electron chi connectivity index (χ4n) is 3.02. The van der Waals surface area contributed by atoms with E-state index in [4.69, 9.17) is 0 Å². The van der Waals surface area contributed by atoms with Crippen LogP contribution in [0.3, 0.4) is 0 Å². The molecule has 27 heavy (non-hydrogen) atoms. The largest absolute Gasteiger partial charge is 0.273 e. The molecule has 0 aliphatic carbocycles. The molecule has 0 bridgehead atoms. The van der Waals surface area contributed by atoms with E-state index in [1.165, 1.54) is 10.4 Å². The van der Waals surface area contributed by atoms with Crippen molar-refractivity contribution in [2.45, 2.75) is 38.5 Å². The summed E-state index contributed by atoms with van der Waals surface area (Å²) in [5.41, 5.74) is 3.36. The van der Waals surface area contributed by atoms with Crippen molar-refractivity contribution in [3.05, 3.63) is 88.1 Å². The van der Waals surface area contributed by atoms with E-state index in [9.17, 15) is 4.79 Å². The second kappa shape index (κ2) is 8.57. The molecule has 0 aliphatic rings. The lowest BCUT2D eigenvalue weighted by molar-refractivity contribution is -0.118. The van der Waals surface area contributed by atoms with E-state index in [1.807, 2.05) is 36.4 Å². The van der Waals surface area contributed by atoms with Crippen LogP contribution in [0.25, 0.3) is 0 Å². The molecule has 3 rings (SSSR count). The first-order valence-corrected chi connectivity index (χ1v) is 10.9. The van der Waals surface area contributed by atoms with Crippen LogP contribution < -0.4 is 3.11 Å². The summed E-state index contributed by atoms with van der Waals surface area (Å²) in [6.45, 7) is 6.62. The number of nitrogens with zero attached hydrogens (tertiary/aromatic N) is 1. The number of para-hydroxylation sites is 1. The minimum Gasteiger partial charge on any atom is -0.273 e. The zero-order valence-corrected chi connectivity index (χ0v) is 18.8. The van der Waals surface area contributed by atoms with Gasteiger partial charge in [0.15, 0.2) is 0 Å². The molecule has 0 saturated heterocycles. The molecule has 1 heterocycles. The summed E-state index contributed by atoms with van der Waals surface area (Å²) in [5.74, 6) is -0.0894. The van der Waals surface area contributed by atoms with Crippen LogP contribution in [-0.2, 0) is 16.6 Å². The van der Waals surface area contributed by atoms with Crippen molar-refractivity contribution in [2.24, 2.45) is 0 Å². The van der Waals surface area contributed by atoms with E-state index in [1.54, 1.807) is 14.5 Å². The number of benzene rings is 2. The average molecular weight is 489 g/mol. The number of anilines is 1. The highest BCUT2D eigenvalue weighted by molar-refractivity contribution is 14.1. The van der Waals surface area contributed by atoms with Gasteiger partial charge in [0.1, 0.15) is 0 Å². The van der Waals surface area contributed by atoms with Crippen LogP contribution in [0.15, 0.2) is 72.1 Å². The summed E-state index contributed by atoms with van der Waals surface area (Å²) >= 11 is 3.83. The summed E-state index contributed by atoms with van der Waals surface area (Å²) in [7, 11) is 0. The van der Waals surface area contributed by atoms with Crippen molar-refractivity contribution in [1.29, 1.82) is 0 Å². The zero-order valence-electron chi connectivity index (χ0n) is 15.9. The number of hydrogen-bond acceptors (Lipinski definition) is 2. The molecule has 0 saturated carbocycles. The fraction of sp³-hybridized carbons (Fsp3) is 0.261. The van der Waals surface area contributed by atoms with Crippen molar-refractivity contribution in [3.63, 3.8) is 0 Å². The number of hydrogen-bond donors (Lipinski definition) is 0. The molecule has 0 aliphatic heterocycles. The van der Waals surface area contributed by atoms with Crippen LogP contribution in [0, 0.1) is 0 Å². The highest BCUT2D eigenvalue weighted by Crippen LogP contribution is 2.31. The lowest BCUT2D eigenvalue weighted by Gasteiger charge is -2.24. The number of rotatable bonds is 5. The first kappa shape index (κ1) is 20.1. The van der Waals surface area contributed by atoms with Crippen molar-refractivity contribution in [2.75, 3.05) is 3.11 Å². The van der Waals surface area contributed by atoms with E-state index >= 15 is 0 Å². The Kier molecular flexibility index (Phi) is 6.37. The number of halogens is 1. The summed E-state index contributed by atoms with van der Waals surface area (Å²) < 4.78 is 1.74. The van der Waals surface area contributed by atoms with Gasteiger partial charge in [-0.05, 0) is 46.5 Å². The molecule has 0 spiro atoms. The number of amides is 1. The average Bonchev–Trinajstić information content (AvgIpc) is 3.18. The molecule has 2 aromatic carbocycles. The van der Waals surface area contributed by atoms with Gasteiger partial charge in [-0.1, -0.05) is 69.3 Å². The van der Waals surface area contributed by atoms with Crippen LogP contribution in [0.1, 0.15) is 42.7 Å². The first-order chi connectivity index (χ1) is 12.9. The van der Waals surface area contributed by atoms with Crippen LogP contribution >= 0.6 is 34.2 Å². The third kappa shape index (κ3) is 4.99. The van der Waals surface area contributed by atoms with Gasteiger partial charge in [-0.25, -0.2) is 0 Å². The molecule has 140 valence electrons. The molecule has 2 nitrogen and oxygen atoms in total. The Labute approximate surface area is 179 Å². The van der Waals surface area contributed by atoms with Gasteiger partial charge in [-0.15, -0.1) is 11.3 Å². The maximum absolute atomic E-state index is 13.4. The fourth-order valence-corrected chi connectivity index (χ4v) is 4.43. The minimum absolute atomic E-state index is 0.102. The molecular formula is C23H24INOS. The normalized spacial score (nSPS) is 12.6. The maximum Gasteiger partial charge on any atom is 0.243 e. The van der Waals surface area contributed by atoms with Gasteiger partial charge in [0.25, 0.3) is 0 Å². The van der Waals surface area contributed by atoms with E-state index in [0.29, 0.717) is 0 Å². The number of thiophene rings is 1. The van der Waals surface area contributed by atoms with Gasteiger partial charge in [0, 0.05) is 4.88 Å². The molecule has 0 fully saturated rings. The molecule has 0 N–H and O–H groups in total. The Morgan fingerprint density at radius 2 is 1.67 bits per heavy atom. The maximum atomic E-state index is 13.4. The lowest BCUT2D eigenvalue weighted by atomic mass is 9.85. The summed E-state index contributed by atoms with van der Waals surface area (Å²) in [5, 5.41) is 2.07. The van der Waals surface area contributed by atoms with Gasteiger partial charge in [0.2, 0.25) is 5.91 Å². The number of carbonyl (C=O) groups is 1. The Morgan fingerprint density at radius 1 is 1.00 bits per heavy atom. The molecule has 4 heteroatoms. The summed E-state index contributed by atoms with van der Waals surface area (Å²) in [6, 6.07) is 22.5. The zero-order chi connectivity index (χ0) is 19.4. The smallest absolute Gasteiger partial charge is 0.243 e. The third-order valence-electron chi connectivity index (χ3n) is 4.64. The van der Waals surface area contributed by atoms with Crippen LogP contribution in [0.2, 0.25) is 0 Å². The second-order valence-electron chi connectivity index (χ2n) is 7.66. The number of carbonyl (C=O) groups excluding carboxylic acids is 1. The van der Waals surface area contributed by atoms with Gasteiger partial charge in [-0.3, -0.25) is 7.91 Å². The van der Waals surface area contributed by atoms with E-state index in [0.717, 1.165) is 17.7 Å². The van der Waals surface area contributed by atoms with Gasteiger partial charge in [0.05, 0.1) is 34.5 Å². The van der Waals surface area contributed by atoms with Gasteiger partial charge < -0.3 is 0 Å². The molecule has 1 amide bonds. The van der Waals surface area contributed by atoms with Gasteiger partial charge >= 0.3 is 0 Å². The topological polar surface area (TPSA) is 20.3 Å². The Balaban J connectivity index is 1.92. The predicted molar refractivity (Wildman–Crippen MR) is 124 cm³/mol. The molecule has 3 aromatic rings. The van der Waals surface area contributed by atoms with Crippen molar-refractivity contribution in [1.82, 2.24) is 0 Å². The summed E-state index contributed by atoms with van der Waals surface area (Å²) in [6.07, 6.45) is 0.720. The third-order valence-corrected chi connectivity index (χ3v) is 6.57. The minimum atomic E-state index is -0.199. The van der Waals surface area contributed by atoms with Gasteiger partial charge in [-0.2, -0.15) is 0 Å². The van der Waals surface area contributed by atoms with E-state index in [2.05, 4.69) is 79.3 Å². The van der Waals surface area contributed by atoms with Crippen molar-refractivity contribution < 1.29 is 4.79 Å². The summed E-state index contributed by atoms with van der Waals surface area (Å²) in [4.78, 5) is 14.6. The van der Waals surface area contributed by atoms with Crippen molar-refractivity contribution in [3.8, 4) is 0 Å². The van der Waals surface area contributed by atoms with Crippen molar-refractivity contribution >= 4 is 45.8 Å². The molecule has 1 atom stereocenters. The Hall–Kier alpha value is -1.66. The van der Waals surface area contributed by atoms with E-state index in [-0.39, 0.29) is 17.2 Å². The molecule has 0 radical (unpaired) electrons. The lowest BCUT2D eigenvalue weighted by Crippen LogP contribution is -2.28. The molecule has 1 aromatic heterocycles. The van der Waals surface area contributed by atoms with Crippen LogP contribution in [0.5, 0.6) is 0 Å². The predicted octanol–water partition coefficient (Wildman–Crippen LogP) is 6.76.